The number of amides is 1. The van der Waals surface area contributed by atoms with Gasteiger partial charge in [0.2, 0.25) is 5.91 Å². The summed E-state index contributed by atoms with van der Waals surface area (Å²) in [6.07, 6.45) is 0. The van der Waals surface area contributed by atoms with E-state index in [0.29, 0.717) is 24.7 Å². The van der Waals surface area contributed by atoms with Gasteiger partial charge in [0.1, 0.15) is 6.61 Å². The molecule has 0 radical (unpaired) electrons. The standard InChI is InChI=1S/C21H28N2O3.ClH/c1-21(2,3)19(22)20(24)23-13-16-10-11-17(18(12-16)25-4)26-14-15-8-6-5-7-9-15;/h5-12,19H,13-14,22H2,1-4H3,(H,23,24);1H/t19-;/m1./s1. The van der Waals surface area contributed by atoms with Crippen LogP contribution in [0.1, 0.15) is 31.9 Å². The van der Waals surface area contributed by atoms with E-state index in [4.69, 9.17) is 15.2 Å². The Labute approximate surface area is 167 Å². The molecule has 1 amide bonds. The van der Waals surface area contributed by atoms with Crippen LogP contribution in [0, 0.1) is 5.41 Å². The molecule has 148 valence electrons. The lowest BCUT2D eigenvalue weighted by molar-refractivity contribution is -0.124. The Morgan fingerprint density at radius 2 is 1.74 bits per heavy atom. The summed E-state index contributed by atoms with van der Waals surface area (Å²) in [6.45, 7) is 6.68. The van der Waals surface area contributed by atoms with Crippen LogP contribution in [0.2, 0.25) is 0 Å². The molecular formula is C21H29ClN2O3. The van der Waals surface area contributed by atoms with Crippen LogP contribution in [-0.4, -0.2) is 19.1 Å². The number of nitrogens with two attached hydrogens (primary N) is 1. The minimum absolute atomic E-state index is 0. The molecule has 2 aromatic carbocycles. The molecule has 0 heterocycles. The van der Waals surface area contributed by atoms with E-state index in [1.54, 1.807) is 7.11 Å². The van der Waals surface area contributed by atoms with Crippen molar-refractivity contribution in [1.82, 2.24) is 5.32 Å². The summed E-state index contributed by atoms with van der Waals surface area (Å²) in [5.41, 5.74) is 7.70. The van der Waals surface area contributed by atoms with Gasteiger partial charge < -0.3 is 20.5 Å². The smallest absolute Gasteiger partial charge is 0.237 e. The molecule has 0 aliphatic rings. The Kier molecular flexibility index (Phi) is 8.60. The number of nitrogens with one attached hydrogen (secondary N) is 1. The highest BCUT2D eigenvalue weighted by molar-refractivity contribution is 5.85. The Balaban J connectivity index is 0.00000364. The molecule has 0 unspecified atom stereocenters. The van der Waals surface area contributed by atoms with E-state index in [1.165, 1.54) is 0 Å². The van der Waals surface area contributed by atoms with Crippen LogP contribution in [0.5, 0.6) is 11.5 Å². The second kappa shape index (κ2) is 10.2. The van der Waals surface area contributed by atoms with Gasteiger partial charge in [0.15, 0.2) is 11.5 Å². The lowest BCUT2D eigenvalue weighted by Gasteiger charge is -2.25. The minimum Gasteiger partial charge on any atom is -0.493 e. The maximum absolute atomic E-state index is 12.2. The molecule has 2 aromatic rings. The summed E-state index contributed by atoms with van der Waals surface area (Å²) < 4.78 is 11.3. The van der Waals surface area contributed by atoms with Crippen molar-refractivity contribution in [3.63, 3.8) is 0 Å². The van der Waals surface area contributed by atoms with Gasteiger partial charge >= 0.3 is 0 Å². The minimum atomic E-state index is -0.558. The second-order valence-corrected chi connectivity index (χ2v) is 7.32. The Morgan fingerprint density at radius 1 is 1.07 bits per heavy atom. The molecule has 2 rings (SSSR count). The summed E-state index contributed by atoms with van der Waals surface area (Å²) in [4.78, 5) is 12.2. The third-order valence-electron chi connectivity index (χ3n) is 4.15. The van der Waals surface area contributed by atoms with Crippen LogP contribution >= 0.6 is 12.4 Å². The van der Waals surface area contributed by atoms with Gasteiger partial charge in [-0.2, -0.15) is 0 Å². The van der Waals surface area contributed by atoms with E-state index in [1.807, 2.05) is 69.3 Å². The molecule has 0 fully saturated rings. The molecule has 0 aromatic heterocycles. The SMILES string of the molecule is COc1cc(CNC(=O)[C@@H](N)C(C)(C)C)ccc1OCc1ccccc1.Cl. The number of benzene rings is 2. The third-order valence-corrected chi connectivity index (χ3v) is 4.15. The second-order valence-electron chi connectivity index (χ2n) is 7.32. The monoisotopic (exact) mass is 392 g/mol. The first-order valence-electron chi connectivity index (χ1n) is 8.68. The Bertz CT molecular complexity index is 730. The zero-order valence-electron chi connectivity index (χ0n) is 16.3. The van der Waals surface area contributed by atoms with Crippen molar-refractivity contribution in [3.8, 4) is 11.5 Å². The number of hydrogen-bond acceptors (Lipinski definition) is 4. The van der Waals surface area contributed by atoms with E-state index in [9.17, 15) is 4.79 Å². The average molecular weight is 393 g/mol. The normalized spacial score (nSPS) is 11.9. The van der Waals surface area contributed by atoms with E-state index >= 15 is 0 Å². The topological polar surface area (TPSA) is 73.6 Å². The summed E-state index contributed by atoms with van der Waals surface area (Å²) in [5, 5.41) is 2.87. The highest BCUT2D eigenvalue weighted by Gasteiger charge is 2.27. The van der Waals surface area contributed by atoms with Crippen LogP contribution in [0.3, 0.4) is 0 Å². The number of hydrogen-bond donors (Lipinski definition) is 2. The summed E-state index contributed by atoms with van der Waals surface area (Å²) in [5.74, 6) is 1.13. The first-order chi connectivity index (χ1) is 12.3. The van der Waals surface area contributed by atoms with Crippen molar-refractivity contribution in [3.05, 3.63) is 59.7 Å². The van der Waals surface area contributed by atoms with Crippen LogP contribution < -0.4 is 20.5 Å². The highest BCUT2D eigenvalue weighted by atomic mass is 35.5. The number of rotatable bonds is 7. The number of halogens is 1. The van der Waals surface area contributed by atoms with Crippen molar-refractivity contribution in [2.24, 2.45) is 11.1 Å². The molecule has 0 spiro atoms. The number of ether oxygens (including phenoxy) is 2. The van der Waals surface area contributed by atoms with Gasteiger partial charge in [0.05, 0.1) is 13.2 Å². The van der Waals surface area contributed by atoms with Gasteiger partial charge in [0, 0.05) is 6.54 Å². The lowest BCUT2D eigenvalue weighted by Crippen LogP contribution is -2.48. The molecule has 0 saturated heterocycles. The zero-order valence-corrected chi connectivity index (χ0v) is 17.1. The molecule has 1 atom stereocenters. The first kappa shape index (κ1) is 22.8. The van der Waals surface area contributed by atoms with Crippen LogP contribution in [0.4, 0.5) is 0 Å². The first-order valence-corrected chi connectivity index (χ1v) is 8.68. The van der Waals surface area contributed by atoms with Crippen LogP contribution in [0.25, 0.3) is 0 Å². The number of carbonyl (C=O) groups is 1. The highest BCUT2D eigenvalue weighted by Crippen LogP contribution is 2.29. The zero-order chi connectivity index (χ0) is 19.2. The van der Waals surface area contributed by atoms with Gasteiger partial charge in [-0.05, 0) is 28.7 Å². The van der Waals surface area contributed by atoms with Gasteiger partial charge in [-0.1, -0.05) is 57.2 Å². The maximum Gasteiger partial charge on any atom is 0.237 e. The molecule has 0 aliphatic carbocycles. The molecule has 3 N–H and O–H groups in total. The molecular weight excluding hydrogens is 364 g/mol. The predicted molar refractivity (Wildman–Crippen MR) is 110 cm³/mol. The quantitative estimate of drug-likeness (QED) is 0.753. The van der Waals surface area contributed by atoms with Crippen molar-refractivity contribution < 1.29 is 14.3 Å². The van der Waals surface area contributed by atoms with E-state index in [-0.39, 0.29) is 23.7 Å². The van der Waals surface area contributed by atoms with Crippen molar-refractivity contribution in [2.45, 2.75) is 40.0 Å². The lowest BCUT2D eigenvalue weighted by atomic mass is 9.87. The number of methoxy groups -OCH3 is 1. The molecule has 5 nitrogen and oxygen atoms in total. The van der Waals surface area contributed by atoms with Crippen molar-refractivity contribution >= 4 is 18.3 Å². The van der Waals surface area contributed by atoms with Gasteiger partial charge in [0.25, 0.3) is 0 Å². The van der Waals surface area contributed by atoms with Gasteiger partial charge in [-0.25, -0.2) is 0 Å². The molecule has 27 heavy (non-hydrogen) atoms. The predicted octanol–water partition coefficient (Wildman–Crippen LogP) is 3.69. The van der Waals surface area contributed by atoms with E-state index in [0.717, 1.165) is 11.1 Å². The fourth-order valence-electron chi connectivity index (χ4n) is 2.37. The van der Waals surface area contributed by atoms with Gasteiger partial charge in [-0.3, -0.25) is 4.79 Å². The Hall–Kier alpha value is -2.24. The fourth-order valence-corrected chi connectivity index (χ4v) is 2.37. The summed E-state index contributed by atoms with van der Waals surface area (Å²) in [7, 11) is 1.60. The van der Waals surface area contributed by atoms with Gasteiger partial charge in [-0.15, -0.1) is 12.4 Å². The maximum atomic E-state index is 12.2. The summed E-state index contributed by atoms with van der Waals surface area (Å²) in [6, 6.07) is 15.0. The molecule has 0 bridgehead atoms. The number of carbonyl (C=O) groups excluding carboxylic acids is 1. The van der Waals surface area contributed by atoms with E-state index in [2.05, 4.69) is 5.32 Å². The van der Waals surface area contributed by atoms with Crippen molar-refractivity contribution in [2.75, 3.05) is 7.11 Å². The molecule has 0 saturated carbocycles. The van der Waals surface area contributed by atoms with Crippen LogP contribution in [-0.2, 0) is 17.9 Å². The summed E-state index contributed by atoms with van der Waals surface area (Å²) >= 11 is 0. The van der Waals surface area contributed by atoms with E-state index < -0.39 is 6.04 Å². The van der Waals surface area contributed by atoms with Crippen LogP contribution in [0.15, 0.2) is 48.5 Å². The van der Waals surface area contributed by atoms with Crippen molar-refractivity contribution in [1.29, 1.82) is 0 Å². The molecule has 6 heteroatoms. The average Bonchev–Trinajstić information content (AvgIpc) is 2.64. The molecule has 0 aliphatic heterocycles. The third kappa shape index (κ3) is 6.77. The Morgan fingerprint density at radius 3 is 2.33 bits per heavy atom. The largest absolute Gasteiger partial charge is 0.493 e. The fraction of sp³-hybridized carbons (Fsp3) is 0.381.